The van der Waals surface area contributed by atoms with Gasteiger partial charge in [-0.25, -0.2) is 0 Å². The highest BCUT2D eigenvalue weighted by Gasteiger charge is 2.19. The van der Waals surface area contributed by atoms with Gasteiger partial charge in [0.05, 0.1) is 25.9 Å². The lowest BCUT2D eigenvalue weighted by atomic mass is 10.1. The van der Waals surface area contributed by atoms with Gasteiger partial charge in [0.2, 0.25) is 5.91 Å². The predicted molar refractivity (Wildman–Crippen MR) is 101 cm³/mol. The van der Waals surface area contributed by atoms with E-state index < -0.39 is 0 Å². The first-order valence-corrected chi connectivity index (χ1v) is 8.30. The van der Waals surface area contributed by atoms with Crippen LogP contribution in [0.5, 0.6) is 11.5 Å². The van der Waals surface area contributed by atoms with Crippen LogP contribution in [0, 0.1) is 0 Å². The van der Waals surface area contributed by atoms with E-state index in [2.05, 4.69) is 5.32 Å². The lowest BCUT2D eigenvalue weighted by molar-refractivity contribution is -0.120. The number of nitrogens with zero attached hydrogens (tertiary/aromatic N) is 1. The van der Waals surface area contributed by atoms with Crippen LogP contribution < -0.4 is 14.8 Å². The van der Waals surface area contributed by atoms with Crippen molar-refractivity contribution in [1.82, 2.24) is 4.90 Å². The normalized spacial score (nSPS) is 11.9. The van der Waals surface area contributed by atoms with E-state index in [1.165, 1.54) is 0 Å². The minimum Gasteiger partial charge on any atom is -0.497 e. The molecule has 0 aliphatic carbocycles. The fraction of sp³-hybridized carbons (Fsp3) is 0.316. The van der Waals surface area contributed by atoms with Crippen LogP contribution in [0.25, 0.3) is 0 Å². The third-order valence-corrected chi connectivity index (χ3v) is 4.29. The van der Waals surface area contributed by atoms with Crippen LogP contribution in [0.3, 0.4) is 0 Å². The maximum absolute atomic E-state index is 12.6. The fourth-order valence-electron chi connectivity index (χ4n) is 2.37. The Kier molecular flexibility index (Phi) is 6.67. The molecule has 1 atom stereocenters. The zero-order valence-corrected chi connectivity index (χ0v) is 15.6. The number of carbonyl (C=O) groups excluding carboxylic acids is 1. The molecule has 2 rings (SSSR count). The van der Waals surface area contributed by atoms with E-state index in [0.29, 0.717) is 23.0 Å². The molecule has 1 N–H and O–H groups in total. The Morgan fingerprint density at radius 3 is 2.44 bits per heavy atom. The van der Waals surface area contributed by atoms with E-state index >= 15 is 0 Å². The topological polar surface area (TPSA) is 50.8 Å². The Hall–Kier alpha value is -2.24. The minimum atomic E-state index is -0.328. The molecule has 1 amide bonds. The fourth-order valence-corrected chi connectivity index (χ4v) is 2.54. The average Bonchev–Trinajstić information content (AvgIpc) is 2.61. The molecule has 0 aliphatic heterocycles. The summed E-state index contributed by atoms with van der Waals surface area (Å²) in [4.78, 5) is 14.5. The number of rotatable bonds is 7. The van der Waals surface area contributed by atoms with Gasteiger partial charge in [-0.15, -0.1) is 0 Å². The summed E-state index contributed by atoms with van der Waals surface area (Å²) in [6.07, 6.45) is 0. The summed E-state index contributed by atoms with van der Waals surface area (Å²) >= 11 is 6.00. The van der Waals surface area contributed by atoms with Gasteiger partial charge >= 0.3 is 0 Å². The molecule has 0 saturated heterocycles. The monoisotopic (exact) mass is 362 g/mol. The Balaban J connectivity index is 2.02. The molecular formula is C19H23ClN2O3. The second-order valence-corrected chi connectivity index (χ2v) is 6.21. The summed E-state index contributed by atoms with van der Waals surface area (Å²) in [7, 11) is 5.10. The second-order valence-electron chi connectivity index (χ2n) is 5.77. The van der Waals surface area contributed by atoms with Gasteiger partial charge in [0.1, 0.15) is 11.5 Å². The van der Waals surface area contributed by atoms with Crippen molar-refractivity contribution >= 4 is 23.2 Å². The highest BCUT2D eigenvalue weighted by molar-refractivity contribution is 6.31. The summed E-state index contributed by atoms with van der Waals surface area (Å²) in [5, 5.41) is 3.41. The maximum Gasteiger partial charge on any atom is 0.241 e. The van der Waals surface area contributed by atoms with Gasteiger partial charge in [-0.2, -0.15) is 0 Å². The second kappa shape index (κ2) is 8.74. The number of hydrogen-bond acceptors (Lipinski definition) is 4. The van der Waals surface area contributed by atoms with E-state index in [-0.39, 0.29) is 11.9 Å². The van der Waals surface area contributed by atoms with E-state index in [1.807, 2.05) is 43.1 Å². The lowest BCUT2D eigenvalue weighted by Gasteiger charge is -2.24. The van der Waals surface area contributed by atoms with E-state index in [1.54, 1.807) is 32.4 Å². The van der Waals surface area contributed by atoms with Gasteiger partial charge in [0, 0.05) is 11.6 Å². The summed E-state index contributed by atoms with van der Waals surface area (Å²) in [6, 6.07) is 12.6. The van der Waals surface area contributed by atoms with Crippen molar-refractivity contribution in [3.05, 3.63) is 53.1 Å². The Bertz CT molecular complexity index is 719. The number of hydrogen-bond donors (Lipinski definition) is 1. The minimum absolute atomic E-state index is 0.128. The van der Waals surface area contributed by atoms with Crippen LogP contribution in [-0.2, 0) is 11.3 Å². The molecule has 0 saturated carbocycles. The largest absolute Gasteiger partial charge is 0.497 e. The van der Waals surface area contributed by atoms with Crippen LogP contribution >= 0.6 is 11.6 Å². The molecule has 0 unspecified atom stereocenters. The first-order valence-electron chi connectivity index (χ1n) is 7.92. The number of amides is 1. The highest BCUT2D eigenvalue weighted by atomic mass is 35.5. The molecule has 0 heterocycles. The van der Waals surface area contributed by atoms with Crippen LogP contribution in [0.4, 0.5) is 5.69 Å². The Morgan fingerprint density at radius 2 is 1.84 bits per heavy atom. The molecule has 0 aliphatic rings. The van der Waals surface area contributed by atoms with Gasteiger partial charge in [-0.3, -0.25) is 9.69 Å². The van der Waals surface area contributed by atoms with Crippen molar-refractivity contribution in [1.29, 1.82) is 0 Å². The summed E-state index contributed by atoms with van der Waals surface area (Å²) in [6.45, 7) is 2.50. The summed E-state index contributed by atoms with van der Waals surface area (Å²) in [5.74, 6) is 1.25. The third-order valence-electron chi connectivity index (χ3n) is 4.05. The van der Waals surface area contributed by atoms with Gasteiger partial charge in [0.15, 0.2) is 0 Å². The van der Waals surface area contributed by atoms with Crippen molar-refractivity contribution in [3.63, 3.8) is 0 Å². The number of anilines is 1. The van der Waals surface area contributed by atoms with Crippen molar-refractivity contribution in [3.8, 4) is 11.5 Å². The van der Waals surface area contributed by atoms with Crippen LogP contribution in [0.2, 0.25) is 5.02 Å². The van der Waals surface area contributed by atoms with Gasteiger partial charge in [-0.05, 0) is 49.9 Å². The zero-order chi connectivity index (χ0) is 18.4. The summed E-state index contributed by atoms with van der Waals surface area (Å²) in [5.41, 5.74) is 1.66. The Morgan fingerprint density at radius 1 is 1.16 bits per heavy atom. The molecule has 5 nitrogen and oxygen atoms in total. The maximum atomic E-state index is 12.6. The molecule has 25 heavy (non-hydrogen) atoms. The zero-order valence-electron chi connectivity index (χ0n) is 14.9. The van der Waals surface area contributed by atoms with Gasteiger partial charge in [-0.1, -0.05) is 23.7 Å². The lowest BCUT2D eigenvalue weighted by Crippen LogP contribution is -2.39. The molecule has 2 aromatic rings. The number of ether oxygens (including phenoxy) is 2. The molecule has 2 aromatic carbocycles. The van der Waals surface area contributed by atoms with E-state index in [4.69, 9.17) is 21.1 Å². The molecule has 0 aromatic heterocycles. The van der Waals surface area contributed by atoms with E-state index in [0.717, 1.165) is 11.3 Å². The SMILES string of the molecule is COc1ccc(CN(C)[C@H](C)C(=O)Nc2cc(Cl)ccc2OC)cc1. The number of nitrogens with one attached hydrogen (secondary N) is 1. The number of carbonyl (C=O) groups is 1. The quantitative estimate of drug-likeness (QED) is 0.813. The standard InChI is InChI=1S/C19H23ClN2O3/c1-13(22(2)12-14-5-8-16(24-3)9-6-14)19(23)21-17-11-15(20)7-10-18(17)25-4/h5-11,13H,12H2,1-4H3,(H,21,23)/t13-/m1/s1. The molecule has 134 valence electrons. The number of likely N-dealkylation sites (N-methyl/N-ethyl adjacent to an activating group) is 1. The van der Waals surface area contributed by atoms with E-state index in [9.17, 15) is 4.79 Å². The third kappa shape index (κ3) is 5.11. The van der Waals surface area contributed by atoms with Crippen molar-refractivity contribution in [2.24, 2.45) is 0 Å². The average molecular weight is 363 g/mol. The first kappa shape index (κ1) is 19.1. The van der Waals surface area contributed by atoms with Crippen molar-refractivity contribution in [2.75, 3.05) is 26.6 Å². The Labute approximate surface area is 153 Å². The molecule has 6 heteroatoms. The number of halogens is 1. The van der Waals surface area contributed by atoms with Crippen molar-refractivity contribution in [2.45, 2.75) is 19.5 Å². The predicted octanol–water partition coefficient (Wildman–Crippen LogP) is 3.82. The van der Waals surface area contributed by atoms with Gasteiger partial charge < -0.3 is 14.8 Å². The van der Waals surface area contributed by atoms with Crippen molar-refractivity contribution < 1.29 is 14.3 Å². The highest BCUT2D eigenvalue weighted by Crippen LogP contribution is 2.28. The summed E-state index contributed by atoms with van der Waals surface area (Å²) < 4.78 is 10.4. The molecular weight excluding hydrogens is 340 g/mol. The van der Waals surface area contributed by atoms with Gasteiger partial charge in [0.25, 0.3) is 0 Å². The molecule has 0 radical (unpaired) electrons. The van der Waals surface area contributed by atoms with Crippen LogP contribution in [-0.4, -0.2) is 38.1 Å². The molecule has 0 fully saturated rings. The number of methoxy groups -OCH3 is 2. The van der Waals surface area contributed by atoms with Crippen LogP contribution in [0.15, 0.2) is 42.5 Å². The molecule has 0 spiro atoms. The molecule has 0 bridgehead atoms. The first-order chi connectivity index (χ1) is 11.9. The smallest absolute Gasteiger partial charge is 0.241 e. The van der Waals surface area contributed by atoms with Crippen LogP contribution in [0.1, 0.15) is 12.5 Å². The number of benzene rings is 2.